The molecule has 0 aromatic carbocycles. The largest absolute Gasteiger partial charge is 0.388 e. The molecule has 0 atom stereocenters. The van der Waals surface area contributed by atoms with Gasteiger partial charge in [-0.1, -0.05) is 6.92 Å². The van der Waals surface area contributed by atoms with Crippen molar-refractivity contribution in [2.75, 3.05) is 6.54 Å². The maximum absolute atomic E-state index is 12.7. The van der Waals surface area contributed by atoms with Gasteiger partial charge in [-0.3, -0.25) is 5.41 Å². The van der Waals surface area contributed by atoms with Gasteiger partial charge in [0, 0.05) is 31.7 Å². The van der Waals surface area contributed by atoms with Crippen molar-refractivity contribution in [2.45, 2.75) is 57.1 Å². The molecule has 0 bridgehead atoms. The van der Waals surface area contributed by atoms with Gasteiger partial charge in [-0.25, -0.2) is 13.4 Å². The SMILES string of the molecule is CCCn1cc(S(=O)(=O)N(CCC(=N)N)C2CC2)nc1C. The van der Waals surface area contributed by atoms with Crippen LogP contribution in [0.25, 0.3) is 0 Å². The predicted molar refractivity (Wildman–Crippen MR) is 80.7 cm³/mol. The number of nitrogens with one attached hydrogen (secondary N) is 1. The molecule has 0 unspecified atom stereocenters. The number of nitrogens with zero attached hydrogens (tertiary/aromatic N) is 3. The van der Waals surface area contributed by atoms with Crippen LogP contribution < -0.4 is 5.73 Å². The van der Waals surface area contributed by atoms with Gasteiger partial charge in [0.05, 0.1) is 5.84 Å². The van der Waals surface area contributed by atoms with Crippen LogP contribution >= 0.6 is 0 Å². The number of hydrogen-bond acceptors (Lipinski definition) is 4. The van der Waals surface area contributed by atoms with E-state index in [9.17, 15) is 8.42 Å². The first-order valence-corrected chi connectivity index (χ1v) is 8.68. The summed E-state index contributed by atoms with van der Waals surface area (Å²) in [7, 11) is -3.60. The lowest BCUT2D eigenvalue weighted by atomic mass is 10.4. The minimum atomic E-state index is -3.60. The Hall–Kier alpha value is -1.41. The van der Waals surface area contributed by atoms with E-state index < -0.39 is 10.0 Å². The van der Waals surface area contributed by atoms with Gasteiger partial charge in [0.2, 0.25) is 0 Å². The number of sulfonamides is 1. The van der Waals surface area contributed by atoms with E-state index in [-0.39, 0.29) is 29.9 Å². The van der Waals surface area contributed by atoms with E-state index in [4.69, 9.17) is 11.1 Å². The molecular weight excluding hydrogens is 290 g/mol. The first-order chi connectivity index (χ1) is 9.86. The van der Waals surface area contributed by atoms with Gasteiger partial charge in [-0.05, 0) is 26.2 Å². The molecule has 118 valence electrons. The second-order valence-electron chi connectivity index (χ2n) is 5.44. The summed E-state index contributed by atoms with van der Waals surface area (Å²) in [5.74, 6) is 0.710. The molecule has 8 heteroatoms. The van der Waals surface area contributed by atoms with E-state index >= 15 is 0 Å². The average molecular weight is 313 g/mol. The molecule has 0 saturated heterocycles. The highest BCUT2D eigenvalue weighted by Crippen LogP contribution is 2.31. The van der Waals surface area contributed by atoms with Crippen molar-refractivity contribution in [3.63, 3.8) is 0 Å². The third-order valence-electron chi connectivity index (χ3n) is 3.55. The highest BCUT2D eigenvalue weighted by molar-refractivity contribution is 7.89. The Labute approximate surface area is 125 Å². The number of rotatable bonds is 8. The van der Waals surface area contributed by atoms with Crippen LogP contribution in [0.5, 0.6) is 0 Å². The van der Waals surface area contributed by atoms with Gasteiger partial charge < -0.3 is 10.3 Å². The van der Waals surface area contributed by atoms with Crippen molar-refractivity contribution in [1.82, 2.24) is 13.9 Å². The molecule has 2 rings (SSSR count). The molecule has 1 saturated carbocycles. The Morgan fingerprint density at radius 2 is 2.24 bits per heavy atom. The van der Waals surface area contributed by atoms with Crippen LogP contribution in [0.4, 0.5) is 0 Å². The minimum absolute atomic E-state index is 0.00328. The van der Waals surface area contributed by atoms with E-state index in [1.807, 2.05) is 18.4 Å². The number of aromatic nitrogens is 2. The zero-order valence-corrected chi connectivity index (χ0v) is 13.4. The summed E-state index contributed by atoms with van der Waals surface area (Å²) in [5, 5.41) is 7.39. The Bertz CT molecular complexity index is 619. The molecule has 0 amide bonds. The molecular formula is C13H23N5O2S. The number of hydrogen-bond donors (Lipinski definition) is 2. The van der Waals surface area contributed by atoms with E-state index in [1.54, 1.807) is 6.20 Å². The minimum Gasteiger partial charge on any atom is -0.388 e. The zero-order chi connectivity index (χ0) is 15.6. The fraction of sp³-hybridized carbons (Fsp3) is 0.692. The summed E-state index contributed by atoms with van der Waals surface area (Å²) in [6, 6.07) is 0.0333. The summed E-state index contributed by atoms with van der Waals surface area (Å²) in [4.78, 5) is 4.21. The van der Waals surface area contributed by atoms with E-state index in [0.29, 0.717) is 5.82 Å². The van der Waals surface area contributed by atoms with Crippen LogP contribution in [-0.4, -0.2) is 40.7 Å². The molecule has 0 aliphatic heterocycles. The molecule has 7 nitrogen and oxygen atoms in total. The van der Waals surface area contributed by atoms with Gasteiger partial charge in [-0.2, -0.15) is 4.31 Å². The fourth-order valence-corrected chi connectivity index (χ4v) is 3.97. The molecule has 0 spiro atoms. The number of amidine groups is 1. The van der Waals surface area contributed by atoms with Gasteiger partial charge in [0.1, 0.15) is 5.82 Å². The predicted octanol–water partition coefficient (Wildman–Crippen LogP) is 1.08. The van der Waals surface area contributed by atoms with Crippen molar-refractivity contribution in [1.29, 1.82) is 5.41 Å². The highest BCUT2D eigenvalue weighted by Gasteiger charge is 2.39. The number of imidazole rings is 1. The van der Waals surface area contributed by atoms with E-state index in [0.717, 1.165) is 25.8 Å². The van der Waals surface area contributed by atoms with E-state index in [1.165, 1.54) is 4.31 Å². The van der Waals surface area contributed by atoms with Crippen LogP contribution in [0.2, 0.25) is 0 Å². The average Bonchev–Trinajstić information content (AvgIpc) is 3.14. The molecule has 1 aromatic rings. The smallest absolute Gasteiger partial charge is 0.262 e. The topological polar surface area (TPSA) is 105 Å². The summed E-state index contributed by atoms with van der Waals surface area (Å²) >= 11 is 0. The molecule has 0 radical (unpaired) electrons. The highest BCUT2D eigenvalue weighted by atomic mass is 32.2. The van der Waals surface area contributed by atoms with E-state index in [2.05, 4.69) is 4.98 Å². The third kappa shape index (κ3) is 3.62. The van der Waals surface area contributed by atoms with Gasteiger partial charge in [-0.15, -0.1) is 0 Å². The van der Waals surface area contributed by atoms with Crippen LogP contribution in [0.1, 0.15) is 38.4 Å². The second kappa shape index (κ2) is 6.15. The number of nitrogens with two attached hydrogens (primary N) is 1. The lowest BCUT2D eigenvalue weighted by Gasteiger charge is -2.20. The van der Waals surface area contributed by atoms with Crippen LogP contribution in [0.15, 0.2) is 11.2 Å². The van der Waals surface area contributed by atoms with Gasteiger partial charge in [0.25, 0.3) is 10.0 Å². The standard InChI is InChI=1S/C13H23N5O2S/c1-3-7-17-9-13(16-10(17)2)21(19,20)18(11-4-5-11)8-6-12(14)15/h9,11H,3-8H2,1-2H3,(H3,14,15). The van der Waals surface area contributed by atoms with Gasteiger partial charge >= 0.3 is 0 Å². The second-order valence-corrected chi connectivity index (χ2v) is 7.28. The molecule has 1 aliphatic carbocycles. The van der Waals surface area contributed by atoms with Crippen LogP contribution in [0.3, 0.4) is 0 Å². The van der Waals surface area contributed by atoms with Crippen molar-refractivity contribution in [2.24, 2.45) is 5.73 Å². The molecule has 1 heterocycles. The monoisotopic (exact) mass is 313 g/mol. The summed E-state index contributed by atoms with van der Waals surface area (Å²) in [6.07, 6.45) is 4.52. The van der Waals surface area contributed by atoms with Crippen molar-refractivity contribution in [3.8, 4) is 0 Å². The summed E-state index contributed by atoms with van der Waals surface area (Å²) < 4.78 is 28.8. The maximum Gasteiger partial charge on any atom is 0.262 e. The van der Waals surface area contributed by atoms with Crippen LogP contribution in [0, 0.1) is 12.3 Å². The third-order valence-corrected chi connectivity index (χ3v) is 5.37. The molecule has 21 heavy (non-hydrogen) atoms. The van der Waals surface area contributed by atoms with Crippen molar-refractivity contribution < 1.29 is 8.42 Å². The normalized spacial score (nSPS) is 15.6. The molecule has 1 fully saturated rings. The first kappa shape index (κ1) is 16.0. The summed E-state index contributed by atoms with van der Waals surface area (Å²) in [6.45, 7) is 4.86. The Morgan fingerprint density at radius 1 is 1.57 bits per heavy atom. The van der Waals surface area contributed by atoms with Crippen molar-refractivity contribution in [3.05, 3.63) is 12.0 Å². The Kier molecular flexibility index (Phi) is 4.67. The Balaban J connectivity index is 2.25. The van der Waals surface area contributed by atoms with Crippen LogP contribution in [-0.2, 0) is 16.6 Å². The molecule has 1 aromatic heterocycles. The zero-order valence-electron chi connectivity index (χ0n) is 12.5. The maximum atomic E-state index is 12.7. The quantitative estimate of drug-likeness (QED) is 0.553. The Morgan fingerprint density at radius 3 is 2.76 bits per heavy atom. The van der Waals surface area contributed by atoms with Gasteiger partial charge in [0.15, 0.2) is 5.03 Å². The molecule has 3 N–H and O–H groups in total. The first-order valence-electron chi connectivity index (χ1n) is 7.24. The molecule has 1 aliphatic rings. The fourth-order valence-electron chi connectivity index (χ4n) is 2.28. The lowest BCUT2D eigenvalue weighted by Crippen LogP contribution is -2.36. The lowest BCUT2D eigenvalue weighted by molar-refractivity contribution is 0.410. The number of aryl methyl sites for hydroxylation is 2. The van der Waals surface area contributed by atoms with Crippen molar-refractivity contribution >= 4 is 15.9 Å². The summed E-state index contributed by atoms with van der Waals surface area (Å²) in [5.41, 5.74) is 5.35.